The highest BCUT2D eigenvalue weighted by Crippen LogP contribution is 2.44. The molecule has 29 heavy (non-hydrogen) atoms. The van der Waals surface area contributed by atoms with E-state index in [4.69, 9.17) is 4.74 Å². The fourth-order valence-corrected chi connectivity index (χ4v) is 3.96. The Balaban J connectivity index is 1.54. The first-order chi connectivity index (χ1) is 14.1. The van der Waals surface area contributed by atoms with Crippen LogP contribution in [0.15, 0.2) is 66.7 Å². The molecule has 0 fully saturated rings. The van der Waals surface area contributed by atoms with Crippen LogP contribution in [0.1, 0.15) is 39.9 Å². The van der Waals surface area contributed by atoms with Gasteiger partial charge in [0, 0.05) is 5.92 Å². The van der Waals surface area contributed by atoms with Gasteiger partial charge in [-0.3, -0.25) is 5.32 Å². The van der Waals surface area contributed by atoms with Gasteiger partial charge < -0.3 is 9.84 Å². The predicted octanol–water partition coefficient (Wildman–Crippen LogP) is 5.31. The molecule has 3 aromatic carbocycles. The molecule has 0 atom stereocenters. The number of fused-ring (bicyclic) bond motifs is 3. The number of amides is 1. The molecule has 5 nitrogen and oxygen atoms in total. The van der Waals surface area contributed by atoms with Crippen molar-refractivity contribution in [1.29, 1.82) is 0 Å². The van der Waals surface area contributed by atoms with Crippen LogP contribution in [-0.4, -0.2) is 23.8 Å². The van der Waals surface area contributed by atoms with Gasteiger partial charge in [-0.25, -0.2) is 9.59 Å². The second-order valence-corrected chi connectivity index (χ2v) is 6.95. The van der Waals surface area contributed by atoms with E-state index in [1.54, 1.807) is 12.1 Å². The van der Waals surface area contributed by atoms with Gasteiger partial charge in [-0.2, -0.15) is 0 Å². The fourth-order valence-electron chi connectivity index (χ4n) is 3.96. The topological polar surface area (TPSA) is 75.6 Å². The number of anilines is 1. The SMILES string of the molecule is CCc1cccc(C(=O)O)c1NC(=O)OCC1c2ccccc2-c2ccccc21. The summed E-state index contributed by atoms with van der Waals surface area (Å²) >= 11 is 0. The Labute approximate surface area is 169 Å². The van der Waals surface area contributed by atoms with Gasteiger partial charge in [-0.1, -0.05) is 67.6 Å². The average Bonchev–Trinajstić information content (AvgIpc) is 3.06. The summed E-state index contributed by atoms with van der Waals surface area (Å²) in [7, 11) is 0. The van der Waals surface area contributed by atoms with Crippen molar-refractivity contribution in [2.24, 2.45) is 0 Å². The highest BCUT2D eigenvalue weighted by Gasteiger charge is 2.29. The lowest BCUT2D eigenvalue weighted by Crippen LogP contribution is -2.20. The second kappa shape index (κ2) is 7.80. The predicted molar refractivity (Wildman–Crippen MR) is 111 cm³/mol. The maximum atomic E-state index is 12.5. The van der Waals surface area contributed by atoms with Crippen LogP contribution < -0.4 is 5.32 Å². The zero-order valence-corrected chi connectivity index (χ0v) is 16.0. The first-order valence-corrected chi connectivity index (χ1v) is 9.57. The average molecular weight is 387 g/mol. The van der Waals surface area contributed by atoms with Crippen molar-refractivity contribution in [2.75, 3.05) is 11.9 Å². The molecule has 3 aromatic rings. The molecule has 5 heteroatoms. The molecule has 0 saturated carbocycles. The van der Waals surface area contributed by atoms with Gasteiger partial charge in [0.2, 0.25) is 0 Å². The molecule has 0 saturated heterocycles. The maximum Gasteiger partial charge on any atom is 0.411 e. The van der Waals surface area contributed by atoms with Gasteiger partial charge in [0.15, 0.2) is 0 Å². The number of nitrogens with one attached hydrogen (secondary N) is 1. The van der Waals surface area contributed by atoms with Crippen LogP contribution in [0.25, 0.3) is 11.1 Å². The number of hydrogen-bond acceptors (Lipinski definition) is 3. The molecule has 1 aliphatic rings. The van der Waals surface area contributed by atoms with Crippen molar-refractivity contribution in [3.63, 3.8) is 0 Å². The molecular weight excluding hydrogens is 366 g/mol. The number of para-hydroxylation sites is 1. The Bertz CT molecular complexity index is 1040. The molecule has 0 bridgehead atoms. The van der Waals surface area contributed by atoms with E-state index in [-0.39, 0.29) is 18.1 Å². The number of benzene rings is 3. The van der Waals surface area contributed by atoms with E-state index in [2.05, 4.69) is 29.6 Å². The molecule has 0 unspecified atom stereocenters. The van der Waals surface area contributed by atoms with Crippen molar-refractivity contribution in [3.8, 4) is 11.1 Å². The van der Waals surface area contributed by atoms with Crippen LogP contribution in [0.5, 0.6) is 0 Å². The summed E-state index contributed by atoms with van der Waals surface area (Å²) in [4.78, 5) is 24.0. The Hall–Kier alpha value is -3.60. The van der Waals surface area contributed by atoms with Crippen LogP contribution in [0, 0.1) is 0 Å². The normalized spacial score (nSPS) is 12.2. The summed E-state index contributed by atoms with van der Waals surface area (Å²) in [6.07, 6.45) is -0.0598. The molecular formula is C24H21NO4. The van der Waals surface area contributed by atoms with Crippen LogP contribution >= 0.6 is 0 Å². The highest BCUT2D eigenvalue weighted by molar-refractivity contribution is 5.99. The van der Waals surface area contributed by atoms with E-state index < -0.39 is 12.1 Å². The largest absolute Gasteiger partial charge is 0.478 e. The van der Waals surface area contributed by atoms with Gasteiger partial charge in [-0.15, -0.1) is 0 Å². The van der Waals surface area contributed by atoms with Crippen molar-refractivity contribution in [2.45, 2.75) is 19.3 Å². The number of aromatic carboxylic acids is 1. The molecule has 0 radical (unpaired) electrons. The maximum absolute atomic E-state index is 12.5. The lowest BCUT2D eigenvalue weighted by atomic mass is 9.98. The second-order valence-electron chi connectivity index (χ2n) is 6.95. The number of aryl methyl sites for hydroxylation is 1. The highest BCUT2D eigenvalue weighted by atomic mass is 16.5. The number of carbonyl (C=O) groups excluding carboxylic acids is 1. The van der Waals surface area contributed by atoms with Crippen LogP contribution in [0.2, 0.25) is 0 Å². The minimum Gasteiger partial charge on any atom is -0.478 e. The Morgan fingerprint density at radius 3 is 2.14 bits per heavy atom. The minimum atomic E-state index is -1.09. The monoisotopic (exact) mass is 387 g/mol. The summed E-state index contributed by atoms with van der Waals surface area (Å²) in [6.45, 7) is 2.08. The number of rotatable bonds is 5. The third-order valence-corrected chi connectivity index (χ3v) is 5.33. The smallest absolute Gasteiger partial charge is 0.411 e. The number of hydrogen-bond donors (Lipinski definition) is 2. The fraction of sp³-hybridized carbons (Fsp3) is 0.167. The third-order valence-electron chi connectivity index (χ3n) is 5.33. The van der Waals surface area contributed by atoms with Gasteiger partial charge in [0.05, 0.1) is 11.3 Å². The van der Waals surface area contributed by atoms with Gasteiger partial charge >= 0.3 is 12.1 Å². The Morgan fingerprint density at radius 2 is 1.55 bits per heavy atom. The van der Waals surface area contributed by atoms with Gasteiger partial charge in [0.1, 0.15) is 6.61 Å². The molecule has 1 amide bonds. The zero-order chi connectivity index (χ0) is 20.4. The molecule has 146 valence electrons. The van der Waals surface area contributed by atoms with Crippen LogP contribution in [-0.2, 0) is 11.2 Å². The lowest BCUT2D eigenvalue weighted by Gasteiger charge is -2.16. The molecule has 1 aliphatic carbocycles. The van der Waals surface area contributed by atoms with E-state index >= 15 is 0 Å². The van der Waals surface area contributed by atoms with E-state index in [9.17, 15) is 14.7 Å². The summed E-state index contributed by atoms with van der Waals surface area (Å²) in [5, 5.41) is 12.1. The van der Waals surface area contributed by atoms with Gasteiger partial charge in [-0.05, 0) is 40.3 Å². The van der Waals surface area contributed by atoms with E-state index in [0.717, 1.165) is 27.8 Å². The summed E-state index contributed by atoms with van der Waals surface area (Å²) < 4.78 is 5.53. The molecule has 0 heterocycles. The van der Waals surface area contributed by atoms with Crippen molar-refractivity contribution in [1.82, 2.24) is 0 Å². The van der Waals surface area contributed by atoms with Gasteiger partial charge in [0.25, 0.3) is 0 Å². The molecule has 4 rings (SSSR count). The molecule has 0 spiro atoms. The summed E-state index contributed by atoms with van der Waals surface area (Å²) in [5.74, 6) is -1.14. The van der Waals surface area contributed by atoms with Crippen LogP contribution in [0.4, 0.5) is 10.5 Å². The third kappa shape index (κ3) is 3.47. The number of ether oxygens (including phenoxy) is 1. The molecule has 0 aliphatic heterocycles. The number of carboxylic acids is 1. The number of carbonyl (C=O) groups is 2. The van der Waals surface area contributed by atoms with E-state index in [0.29, 0.717) is 12.1 Å². The van der Waals surface area contributed by atoms with Crippen molar-refractivity contribution in [3.05, 3.63) is 89.0 Å². The summed E-state index contributed by atoms with van der Waals surface area (Å²) in [5.41, 5.74) is 5.66. The first kappa shape index (κ1) is 18.7. The van der Waals surface area contributed by atoms with Crippen LogP contribution in [0.3, 0.4) is 0 Å². The molecule has 0 aromatic heterocycles. The quantitative estimate of drug-likeness (QED) is 0.622. The molecule has 2 N–H and O–H groups in total. The Kier molecular flexibility index (Phi) is 5.04. The van der Waals surface area contributed by atoms with E-state index in [1.165, 1.54) is 6.07 Å². The zero-order valence-electron chi connectivity index (χ0n) is 16.0. The lowest BCUT2D eigenvalue weighted by molar-refractivity contribution is 0.0698. The summed E-state index contributed by atoms with van der Waals surface area (Å²) in [6, 6.07) is 21.2. The number of carboxylic acid groups (broad SMARTS) is 1. The van der Waals surface area contributed by atoms with E-state index in [1.807, 2.05) is 31.2 Å². The first-order valence-electron chi connectivity index (χ1n) is 9.57. The Morgan fingerprint density at radius 1 is 0.931 bits per heavy atom. The van der Waals surface area contributed by atoms with Crippen molar-refractivity contribution >= 4 is 17.7 Å². The van der Waals surface area contributed by atoms with Crippen molar-refractivity contribution < 1.29 is 19.4 Å². The minimum absolute atomic E-state index is 0.0477. The standard InChI is InChI=1S/C24H21NO4/c1-2-15-8-7-13-20(23(26)27)22(15)25-24(28)29-14-21-18-11-5-3-9-16(18)17-10-4-6-12-19(17)21/h3-13,21H,2,14H2,1H3,(H,25,28)(H,26,27).